The third-order valence-corrected chi connectivity index (χ3v) is 5.30. The molecule has 0 unspecified atom stereocenters. The van der Waals surface area contributed by atoms with Crippen LogP contribution in [0.4, 0.5) is 16.2 Å². The second-order valence-corrected chi connectivity index (χ2v) is 7.45. The van der Waals surface area contributed by atoms with Gasteiger partial charge in [0.15, 0.2) is 0 Å². The molecule has 9 heteroatoms. The normalized spacial score (nSPS) is 17.1. The van der Waals surface area contributed by atoms with Crippen LogP contribution in [-0.4, -0.2) is 71.1 Å². The molecule has 0 spiro atoms. The van der Waals surface area contributed by atoms with Crippen LogP contribution >= 0.6 is 0 Å². The number of amides is 2. The molecule has 4 rings (SSSR count). The minimum absolute atomic E-state index is 0.507. The zero-order valence-corrected chi connectivity index (χ0v) is 17.9. The van der Waals surface area contributed by atoms with Crippen LogP contribution in [0.5, 0.6) is 0 Å². The lowest BCUT2D eigenvalue weighted by atomic mass is 10.2. The van der Waals surface area contributed by atoms with Crippen LogP contribution in [0, 0.1) is 0 Å². The van der Waals surface area contributed by atoms with Crippen molar-refractivity contribution in [1.82, 2.24) is 10.9 Å². The van der Waals surface area contributed by atoms with Gasteiger partial charge >= 0.3 is 6.03 Å². The number of hydrogen-bond acceptors (Lipinski definition) is 7. The number of carbonyl (C=O) groups is 1. The highest BCUT2D eigenvalue weighted by atomic mass is 16.5. The number of nitrogens with zero attached hydrogens (tertiary/aromatic N) is 4. The van der Waals surface area contributed by atoms with Crippen LogP contribution in [0.1, 0.15) is 11.1 Å². The van der Waals surface area contributed by atoms with E-state index in [-0.39, 0.29) is 0 Å². The maximum atomic E-state index is 11.9. The minimum Gasteiger partial charge on any atom is -0.378 e. The van der Waals surface area contributed by atoms with Gasteiger partial charge in [0.2, 0.25) is 0 Å². The number of hydrazone groups is 2. The Labute approximate surface area is 187 Å². The summed E-state index contributed by atoms with van der Waals surface area (Å²) in [4.78, 5) is 16.4. The molecule has 2 saturated heterocycles. The Bertz CT molecular complexity index is 842. The molecule has 2 heterocycles. The summed E-state index contributed by atoms with van der Waals surface area (Å²) < 4.78 is 10.8. The number of rotatable bonds is 6. The van der Waals surface area contributed by atoms with Crippen molar-refractivity contribution < 1.29 is 14.3 Å². The highest BCUT2D eigenvalue weighted by Gasteiger charge is 2.11. The average Bonchev–Trinajstić information content (AvgIpc) is 2.86. The van der Waals surface area contributed by atoms with Crippen molar-refractivity contribution in [3.8, 4) is 0 Å². The number of benzene rings is 2. The lowest BCUT2D eigenvalue weighted by molar-refractivity contribution is 0.122. The van der Waals surface area contributed by atoms with Crippen molar-refractivity contribution in [2.75, 3.05) is 62.4 Å². The van der Waals surface area contributed by atoms with E-state index in [1.54, 1.807) is 12.4 Å². The van der Waals surface area contributed by atoms with Gasteiger partial charge in [-0.1, -0.05) is 24.3 Å². The fraction of sp³-hybridized carbons (Fsp3) is 0.348. The molecule has 2 aromatic carbocycles. The van der Waals surface area contributed by atoms with Crippen LogP contribution in [0.3, 0.4) is 0 Å². The van der Waals surface area contributed by atoms with Crippen LogP contribution in [-0.2, 0) is 9.47 Å². The first-order valence-electron chi connectivity index (χ1n) is 10.8. The number of hydrogen-bond donors (Lipinski definition) is 2. The number of ether oxygens (including phenoxy) is 2. The van der Waals surface area contributed by atoms with E-state index < -0.39 is 6.03 Å². The van der Waals surface area contributed by atoms with Gasteiger partial charge in [-0.05, 0) is 35.4 Å². The van der Waals surface area contributed by atoms with Crippen molar-refractivity contribution >= 4 is 29.8 Å². The molecule has 0 aromatic heterocycles. The third-order valence-electron chi connectivity index (χ3n) is 5.30. The Morgan fingerprint density at radius 2 is 1.06 bits per heavy atom. The van der Waals surface area contributed by atoms with Crippen molar-refractivity contribution in [2.45, 2.75) is 0 Å². The topological polar surface area (TPSA) is 90.8 Å². The first-order chi connectivity index (χ1) is 15.8. The Balaban J connectivity index is 1.20. The molecule has 2 aliphatic heterocycles. The summed E-state index contributed by atoms with van der Waals surface area (Å²) in [5.74, 6) is 0. The predicted molar refractivity (Wildman–Crippen MR) is 126 cm³/mol. The van der Waals surface area contributed by atoms with E-state index in [1.165, 1.54) is 0 Å². The van der Waals surface area contributed by atoms with Gasteiger partial charge in [0.25, 0.3) is 0 Å². The number of anilines is 2. The molecule has 9 nitrogen and oxygen atoms in total. The second-order valence-electron chi connectivity index (χ2n) is 7.45. The van der Waals surface area contributed by atoms with Crippen LogP contribution in [0.25, 0.3) is 0 Å². The molecular formula is C23H28N6O3. The Kier molecular flexibility index (Phi) is 7.67. The van der Waals surface area contributed by atoms with Crippen molar-refractivity contribution in [3.63, 3.8) is 0 Å². The SMILES string of the molecule is O=C(N/N=C\c1ccc(N2CCOCC2)cc1)N/N=C\c1ccc(N2CCOCC2)cc1. The Morgan fingerprint density at radius 3 is 1.44 bits per heavy atom. The van der Waals surface area contributed by atoms with Gasteiger partial charge in [0.05, 0.1) is 38.9 Å². The first-order valence-corrected chi connectivity index (χ1v) is 10.8. The maximum Gasteiger partial charge on any atom is 0.355 e. The quantitative estimate of drug-likeness (QED) is 0.534. The van der Waals surface area contributed by atoms with Crippen molar-refractivity contribution in [1.29, 1.82) is 0 Å². The molecule has 0 bridgehead atoms. The molecule has 0 atom stereocenters. The molecular weight excluding hydrogens is 408 g/mol. The van der Waals surface area contributed by atoms with Crippen LogP contribution < -0.4 is 20.7 Å². The standard InChI is InChI=1S/C23H28N6O3/c30-23(26-24-17-19-1-5-21(6-2-19)28-9-13-31-14-10-28)27-25-18-20-3-7-22(8-4-20)29-11-15-32-16-12-29/h1-8,17-18H,9-16H2,(H2,26,27,30)/b24-17-,25-18-. The molecule has 2 fully saturated rings. The highest BCUT2D eigenvalue weighted by molar-refractivity contribution is 5.84. The number of urea groups is 1. The van der Waals surface area contributed by atoms with Gasteiger partial charge in [-0.2, -0.15) is 10.2 Å². The smallest absolute Gasteiger partial charge is 0.355 e. The van der Waals surface area contributed by atoms with Crippen molar-refractivity contribution in [3.05, 3.63) is 59.7 Å². The summed E-state index contributed by atoms with van der Waals surface area (Å²) in [6.45, 7) is 6.60. The molecule has 168 valence electrons. The fourth-order valence-electron chi connectivity index (χ4n) is 3.54. The van der Waals surface area contributed by atoms with E-state index in [2.05, 4.69) is 30.9 Å². The predicted octanol–water partition coefficient (Wildman–Crippen LogP) is 2.03. The largest absolute Gasteiger partial charge is 0.378 e. The monoisotopic (exact) mass is 436 g/mol. The number of morpholine rings is 2. The molecule has 0 saturated carbocycles. The van der Waals surface area contributed by atoms with E-state index in [1.807, 2.05) is 48.5 Å². The molecule has 0 aliphatic carbocycles. The minimum atomic E-state index is -0.507. The van der Waals surface area contributed by atoms with Gasteiger partial charge < -0.3 is 19.3 Å². The number of nitrogens with one attached hydrogen (secondary N) is 2. The molecule has 2 aromatic rings. The summed E-state index contributed by atoms with van der Waals surface area (Å²) in [6.07, 6.45) is 3.19. The van der Waals surface area contributed by atoms with E-state index in [0.29, 0.717) is 0 Å². The highest BCUT2D eigenvalue weighted by Crippen LogP contribution is 2.17. The summed E-state index contributed by atoms with van der Waals surface area (Å²) >= 11 is 0. The summed E-state index contributed by atoms with van der Waals surface area (Å²) in [7, 11) is 0. The lowest BCUT2D eigenvalue weighted by Crippen LogP contribution is -2.36. The first kappa shape index (κ1) is 21.8. The summed E-state index contributed by atoms with van der Waals surface area (Å²) in [5, 5.41) is 7.92. The van der Waals surface area contributed by atoms with Crippen molar-refractivity contribution in [2.24, 2.45) is 10.2 Å². The summed E-state index contributed by atoms with van der Waals surface area (Å²) in [5.41, 5.74) is 8.92. The second kappa shape index (κ2) is 11.3. The average molecular weight is 437 g/mol. The Hall–Kier alpha value is -3.43. The third kappa shape index (κ3) is 6.29. The Morgan fingerprint density at radius 1 is 0.688 bits per heavy atom. The molecule has 2 N–H and O–H groups in total. The lowest BCUT2D eigenvalue weighted by Gasteiger charge is -2.28. The molecule has 2 amide bonds. The van der Waals surface area contributed by atoms with Gasteiger partial charge in [-0.25, -0.2) is 15.6 Å². The van der Waals surface area contributed by atoms with Crippen LogP contribution in [0.2, 0.25) is 0 Å². The van der Waals surface area contributed by atoms with E-state index in [0.717, 1.165) is 75.1 Å². The maximum absolute atomic E-state index is 11.9. The molecule has 32 heavy (non-hydrogen) atoms. The van der Waals surface area contributed by atoms with Gasteiger partial charge in [0.1, 0.15) is 0 Å². The van der Waals surface area contributed by atoms with E-state index >= 15 is 0 Å². The van der Waals surface area contributed by atoms with Gasteiger partial charge in [-0.15, -0.1) is 0 Å². The zero-order valence-electron chi connectivity index (χ0n) is 17.9. The van der Waals surface area contributed by atoms with E-state index in [9.17, 15) is 4.79 Å². The fourth-order valence-corrected chi connectivity index (χ4v) is 3.54. The number of carbonyl (C=O) groups excluding carboxylic acids is 1. The van der Waals surface area contributed by atoms with Crippen LogP contribution in [0.15, 0.2) is 58.7 Å². The van der Waals surface area contributed by atoms with E-state index in [4.69, 9.17) is 9.47 Å². The zero-order chi connectivity index (χ0) is 22.0. The summed E-state index contributed by atoms with van der Waals surface area (Å²) in [6, 6.07) is 15.5. The van der Waals surface area contributed by atoms with Gasteiger partial charge in [0, 0.05) is 37.6 Å². The molecule has 0 radical (unpaired) electrons. The molecule has 2 aliphatic rings. The van der Waals surface area contributed by atoms with Gasteiger partial charge in [-0.3, -0.25) is 0 Å².